The summed E-state index contributed by atoms with van der Waals surface area (Å²) >= 11 is 0. The van der Waals surface area contributed by atoms with Crippen molar-refractivity contribution in [3.8, 4) is 22.9 Å². The van der Waals surface area contributed by atoms with Gasteiger partial charge in [-0.1, -0.05) is 12.1 Å². The first-order chi connectivity index (χ1) is 13.6. The third-order valence-corrected chi connectivity index (χ3v) is 4.52. The molecule has 0 spiro atoms. The molecule has 0 atom stereocenters. The van der Waals surface area contributed by atoms with E-state index in [2.05, 4.69) is 9.97 Å². The smallest absolute Gasteiger partial charge is 0.260 e. The Morgan fingerprint density at radius 3 is 2.57 bits per heavy atom. The molecule has 0 aliphatic rings. The van der Waals surface area contributed by atoms with Crippen LogP contribution in [0.2, 0.25) is 0 Å². The predicted octanol–water partition coefficient (Wildman–Crippen LogP) is 2.85. The average Bonchev–Trinajstić information content (AvgIpc) is 2.73. The molecule has 1 aromatic heterocycles. The number of hydrogen-bond acceptors (Lipinski definition) is 5. The van der Waals surface area contributed by atoms with Gasteiger partial charge in [0.25, 0.3) is 11.5 Å². The maximum Gasteiger partial charge on any atom is 0.260 e. The molecule has 3 rings (SSSR count). The molecule has 0 saturated carbocycles. The highest BCUT2D eigenvalue weighted by atomic mass is 16.5. The number of para-hydroxylation sites is 1. The van der Waals surface area contributed by atoms with Crippen molar-refractivity contribution in [1.82, 2.24) is 14.9 Å². The number of methoxy groups -OCH3 is 1. The number of nitrogens with zero attached hydrogens (tertiary/aromatic N) is 2. The summed E-state index contributed by atoms with van der Waals surface area (Å²) in [4.78, 5) is 33.4. The fourth-order valence-electron chi connectivity index (χ4n) is 2.96. The van der Waals surface area contributed by atoms with Gasteiger partial charge in [-0.05, 0) is 44.2 Å². The molecule has 7 heteroatoms. The molecule has 3 aromatic rings. The van der Waals surface area contributed by atoms with Crippen LogP contribution in [0.3, 0.4) is 0 Å². The molecule has 0 bridgehead atoms. The minimum absolute atomic E-state index is 0.0670. The molecule has 1 N–H and O–H groups in total. The van der Waals surface area contributed by atoms with Gasteiger partial charge in [-0.15, -0.1) is 0 Å². The lowest BCUT2D eigenvalue weighted by molar-refractivity contribution is -0.132. The first-order valence-electron chi connectivity index (χ1n) is 9.15. The van der Waals surface area contributed by atoms with Gasteiger partial charge in [-0.25, -0.2) is 4.98 Å². The van der Waals surface area contributed by atoms with Crippen LogP contribution in [0.5, 0.6) is 11.5 Å². The maximum absolute atomic E-state index is 12.3. The fourth-order valence-corrected chi connectivity index (χ4v) is 2.96. The van der Waals surface area contributed by atoms with Crippen LogP contribution in [0, 0.1) is 0 Å². The summed E-state index contributed by atoms with van der Waals surface area (Å²) < 4.78 is 11.1. The quantitative estimate of drug-likeness (QED) is 0.680. The second-order valence-corrected chi connectivity index (χ2v) is 6.15. The highest BCUT2D eigenvalue weighted by molar-refractivity contribution is 5.80. The number of fused-ring (bicyclic) bond motifs is 1. The Balaban J connectivity index is 1.87. The molecule has 0 radical (unpaired) electrons. The van der Waals surface area contributed by atoms with Crippen molar-refractivity contribution in [1.29, 1.82) is 0 Å². The van der Waals surface area contributed by atoms with Crippen LogP contribution in [-0.4, -0.2) is 47.6 Å². The van der Waals surface area contributed by atoms with E-state index in [0.29, 0.717) is 46.9 Å². The average molecular weight is 381 g/mol. The zero-order valence-corrected chi connectivity index (χ0v) is 16.2. The lowest BCUT2D eigenvalue weighted by atomic mass is 10.1. The third-order valence-electron chi connectivity index (χ3n) is 4.52. The molecule has 0 aliphatic carbocycles. The summed E-state index contributed by atoms with van der Waals surface area (Å²) in [5, 5.41) is 0.535. The van der Waals surface area contributed by atoms with Gasteiger partial charge in [0.15, 0.2) is 18.1 Å². The summed E-state index contributed by atoms with van der Waals surface area (Å²) in [7, 11) is 1.52. The summed E-state index contributed by atoms with van der Waals surface area (Å²) in [6.45, 7) is 5.05. The van der Waals surface area contributed by atoms with Gasteiger partial charge in [-0.3, -0.25) is 9.59 Å². The molecule has 1 amide bonds. The zero-order chi connectivity index (χ0) is 20.1. The van der Waals surface area contributed by atoms with Crippen molar-refractivity contribution in [3.63, 3.8) is 0 Å². The summed E-state index contributed by atoms with van der Waals surface area (Å²) in [6.07, 6.45) is 0. The van der Waals surface area contributed by atoms with Crippen molar-refractivity contribution >= 4 is 16.8 Å². The maximum atomic E-state index is 12.3. The van der Waals surface area contributed by atoms with Gasteiger partial charge in [-0.2, -0.15) is 0 Å². The van der Waals surface area contributed by atoms with Gasteiger partial charge < -0.3 is 19.4 Å². The van der Waals surface area contributed by atoms with Crippen LogP contribution in [-0.2, 0) is 4.79 Å². The molecule has 1 heterocycles. The number of ether oxygens (including phenoxy) is 2. The Kier molecular flexibility index (Phi) is 5.93. The van der Waals surface area contributed by atoms with Crippen molar-refractivity contribution < 1.29 is 14.3 Å². The van der Waals surface area contributed by atoms with Crippen LogP contribution in [0.4, 0.5) is 0 Å². The Morgan fingerprint density at radius 2 is 1.86 bits per heavy atom. The lowest BCUT2D eigenvalue weighted by Gasteiger charge is -2.19. The molecule has 0 saturated heterocycles. The molecule has 146 valence electrons. The molecule has 2 aromatic carbocycles. The van der Waals surface area contributed by atoms with Crippen LogP contribution in [0.1, 0.15) is 13.8 Å². The molecular formula is C21H23N3O4. The monoisotopic (exact) mass is 381 g/mol. The number of amides is 1. The first-order valence-corrected chi connectivity index (χ1v) is 9.15. The molecule has 0 aliphatic heterocycles. The van der Waals surface area contributed by atoms with Crippen LogP contribution in [0.25, 0.3) is 22.3 Å². The number of rotatable bonds is 7. The number of likely N-dealkylation sites (N-methyl/N-ethyl adjacent to an activating group) is 1. The summed E-state index contributed by atoms with van der Waals surface area (Å²) in [5.74, 6) is 1.26. The van der Waals surface area contributed by atoms with E-state index in [1.807, 2.05) is 19.9 Å². The first kappa shape index (κ1) is 19.4. The minimum atomic E-state index is -0.204. The van der Waals surface area contributed by atoms with Gasteiger partial charge in [0.2, 0.25) is 0 Å². The number of H-pyrrole nitrogens is 1. The van der Waals surface area contributed by atoms with Crippen LogP contribution in [0.15, 0.2) is 47.3 Å². The minimum Gasteiger partial charge on any atom is -0.493 e. The second kappa shape index (κ2) is 8.56. The summed E-state index contributed by atoms with van der Waals surface area (Å²) in [6, 6.07) is 12.4. The van der Waals surface area contributed by atoms with Crippen LogP contribution >= 0.6 is 0 Å². The highest BCUT2D eigenvalue weighted by Gasteiger charge is 2.14. The SMILES string of the molecule is CCN(CC)C(=O)COc1ccc(-c2nc3ccccc3c(=O)[nH]2)cc1OC. The number of aromatic amines is 1. The van der Waals surface area contributed by atoms with Crippen molar-refractivity contribution in [2.24, 2.45) is 0 Å². The van der Waals surface area contributed by atoms with E-state index in [4.69, 9.17) is 9.47 Å². The number of carbonyl (C=O) groups excluding carboxylic acids is 1. The Labute approximate surface area is 162 Å². The van der Waals surface area contributed by atoms with Gasteiger partial charge >= 0.3 is 0 Å². The largest absolute Gasteiger partial charge is 0.493 e. The van der Waals surface area contributed by atoms with Gasteiger partial charge in [0, 0.05) is 18.7 Å². The number of carbonyl (C=O) groups is 1. The predicted molar refractivity (Wildman–Crippen MR) is 108 cm³/mol. The number of aromatic nitrogens is 2. The zero-order valence-electron chi connectivity index (χ0n) is 16.2. The fraction of sp³-hybridized carbons (Fsp3) is 0.286. The van der Waals surface area contributed by atoms with E-state index in [9.17, 15) is 9.59 Å². The van der Waals surface area contributed by atoms with Crippen molar-refractivity contribution in [2.45, 2.75) is 13.8 Å². The molecular weight excluding hydrogens is 358 g/mol. The Morgan fingerprint density at radius 1 is 1.11 bits per heavy atom. The van der Waals surface area contributed by atoms with E-state index >= 15 is 0 Å². The Bertz CT molecular complexity index is 1040. The van der Waals surface area contributed by atoms with E-state index in [-0.39, 0.29) is 18.1 Å². The van der Waals surface area contributed by atoms with E-state index in [0.717, 1.165) is 0 Å². The standard InChI is InChI=1S/C21H23N3O4/c1-4-24(5-2)19(25)13-28-17-11-10-14(12-18(17)27-3)20-22-16-9-7-6-8-15(16)21(26)23-20/h6-12H,4-5,13H2,1-3H3,(H,22,23,26). The van der Waals surface area contributed by atoms with E-state index in [1.54, 1.807) is 41.3 Å². The molecule has 0 fully saturated rings. The van der Waals surface area contributed by atoms with E-state index in [1.165, 1.54) is 7.11 Å². The third kappa shape index (κ3) is 3.98. The van der Waals surface area contributed by atoms with E-state index < -0.39 is 0 Å². The molecule has 0 unspecified atom stereocenters. The number of hydrogen-bond donors (Lipinski definition) is 1. The number of benzene rings is 2. The lowest BCUT2D eigenvalue weighted by Crippen LogP contribution is -2.34. The van der Waals surface area contributed by atoms with Gasteiger partial charge in [0.1, 0.15) is 5.82 Å². The molecule has 7 nitrogen and oxygen atoms in total. The molecule has 28 heavy (non-hydrogen) atoms. The van der Waals surface area contributed by atoms with Crippen LogP contribution < -0.4 is 15.0 Å². The van der Waals surface area contributed by atoms with Gasteiger partial charge in [0.05, 0.1) is 18.0 Å². The summed E-state index contributed by atoms with van der Waals surface area (Å²) in [5.41, 5.74) is 1.09. The second-order valence-electron chi connectivity index (χ2n) is 6.15. The topological polar surface area (TPSA) is 84.5 Å². The normalized spacial score (nSPS) is 10.7. The van der Waals surface area contributed by atoms with Crippen molar-refractivity contribution in [2.75, 3.05) is 26.8 Å². The number of nitrogens with one attached hydrogen (secondary N) is 1. The highest BCUT2D eigenvalue weighted by Crippen LogP contribution is 2.31. The Hall–Kier alpha value is -3.35. The van der Waals surface area contributed by atoms with Crippen molar-refractivity contribution in [3.05, 3.63) is 52.8 Å².